The third kappa shape index (κ3) is 4.95. The van der Waals surface area contributed by atoms with E-state index in [-0.39, 0.29) is 0 Å². The van der Waals surface area contributed by atoms with Crippen molar-refractivity contribution in [1.82, 2.24) is 20.4 Å². The van der Waals surface area contributed by atoms with Gasteiger partial charge in [-0.1, -0.05) is 30.1 Å². The number of anilines is 2. The Morgan fingerprint density at radius 2 is 1.76 bits per heavy atom. The predicted octanol–water partition coefficient (Wildman–Crippen LogP) is 4.57. The minimum Gasteiger partial charge on any atom is -0.370 e. The minimum atomic E-state index is -0.415. The number of carbonyl (C=O) groups is 1. The van der Waals surface area contributed by atoms with Gasteiger partial charge in [0, 0.05) is 60.3 Å². The number of nitrogens with zero attached hydrogens (tertiary/aromatic N) is 5. The lowest BCUT2D eigenvalue weighted by Gasteiger charge is -2.56. The lowest BCUT2D eigenvalue weighted by molar-refractivity contribution is 0.100. The number of benzene rings is 2. The van der Waals surface area contributed by atoms with Crippen LogP contribution in [0.25, 0.3) is 22.6 Å². The Labute approximate surface area is 239 Å². The molecule has 210 valence electrons. The molecule has 1 unspecified atom stereocenters. The highest BCUT2D eigenvalue weighted by Crippen LogP contribution is 2.38. The van der Waals surface area contributed by atoms with E-state index in [0.29, 0.717) is 41.4 Å². The SMILES string of the molecule is Cc1noc(-c2ccc(N3CCC4[C@@H](C3)N[C@@H]3CCCC[C@H]3N4c3cc(-c4cccc(C(N)=O)c4)ccn3)cc2)n1. The smallest absolute Gasteiger partial charge is 0.257 e. The first-order chi connectivity index (χ1) is 20.0. The average Bonchev–Trinajstić information content (AvgIpc) is 3.46. The van der Waals surface area contributed by atoms with Crippen LogP contribution in [0.15, 0.2) is 71.4 Å². The van der Waals surface area contributed by atoms with E-state index >= 15 is 0 Å². The summed E-state index contributed by atoms with van der Waals surface area (Å²) in [5.74, 6) is 1.80. The Balaban J connectivity index is 1.16. The van der Waals surface area contributed by atoms with Gasteiger partial charge in [0.1, 0.15) is 5.82 Å². The van der Waals surface area contributed by atoms with E-state index in [0.717, 1.165) is 42.0 Å². The summed E-state index contributed by atoms with van der Waals surface area (Å²) >= 11 is 0. The number of piperidine rings is 1. The van der Waals surface area contributed by atoms with Gasteiger partial charge in [0.2, 0.25) is 5.91 Å². The third-order valence-corrected chi connectivity index (χ3v) is 8.95. The topological polar surface area (TPSA) is 113 Å². The summed E-state index contributed by atoms with van der Waals surface area (Å²) in [6, 6.07) is 21.7. The summed E-state index contributed by atoms with van der Waals surface area (Å²) in [5, 5.41) is 7.98. The molecule has 1 saturated carbocycles. The van der Waals surface area contributed by atoms with Gasteiger partial charge in [-0.3, -0.25) is 4.79 Å². The van der Waals surface area contributed by atoms with E-state index < -0.39 is 5.91 Å². The number of nitrogens with one attached hydrogen (secondary N) is 1. The normalized spacial score (nSPS) is 24.0. The molecule has 2 aromatic carbocycles. The molecular formula is C32H35N7O2. The second kappa shape index (κ2) is 10.6. The standard InChI is InChI=1S/C32H35N7O2/c1-20-35-32(41-37-20)21-9-11-25(12-10-21)38-16-14-29-27(19-38)36-26-7-2-3-8-28(26)39(29)30-18-23(13-15-34-30)22-5-4-6-24(17-22)31(33)40/h4-6,9-13,15,17-18,26-29,36H,2-3,7-8,14,16,19H2,1H3,(H2,33,40)/t26-,27-,28-,29?/m1/s1. The molecule has 0 radical (unpaired) electrons. The van der Waals surface area contributed by atoms with Gasteiger partial charge in [-0.2, -0.15) is 4.98 Å². The monoisotopic (exact) mass is 549 g/mol. The molecule has 4 aromatic rings. The van der Waals surface area contributed by atoms with E-state index in [2.05, 4.69) is 55.6 Å². The number of amides is 1. The van der Waals surface area contributed by atoms with Crippen molar-refractivity contribution in [3.05, 3.63) is 78.2 Å². The van der Waals surface area contributed by atoms with Crippen molar-refractivity contribution in [2.75, 3.05) is 22.9 Å². The zero-order chi connectivity index (χ0) is 27.9. The molecule has 41 heavy (non-hydrogen) atoms. The summed E-state index contributed by atoms with van der Waals surface area (Å²) in [5.41, 5.74) is 10.2. The van der Waals surface area contributed by atoms with Crippen molar-refractivity contribution < 1.29 is 9.32 Å². The highest BCUT2D eigenvalue weighted by molar-refractivity contribution is 5.94. The van der Waals surface area contributed by atoms with Gasteiger partial charge in [0.25, 0.3) is 5.89 Å². The highest BCUT2D eigenvalue weighted by atomic mass is 16.5. The number of hydrogen-bond donors (Lipinski definition) is 2. The van der Waals surface area contributed by atoms with Crippen molar-refractivity contribution in [3.8, 4) is 22.6 Å². The molecular weight excluding hydrogens is 514 g/mol. The van der Waals surface area contributed by atoms with E-state index in [1.807, 2.05) is 37.4 Å². The molecule has 7 rings (SSSR count). The fraction of sp³-hybridized carbons (Fsp3) is 0.375. The van der Waals surface area contributed by atoms with E-state index in [1.54, 1.807) is 6.07 Å². The van der Waals surface area contributed by atoms with Crippen LogP contribution in [0.4, 0.5) is 11.5 Å². The molecule has 4 heterocycles. The van der Waals surface area contributed by atoms with Gasteiger partial charge in [-0.25, -0.2) is 4.98 Å². The van der Waals surface area contributed by atoms with Gasteiger partial charge in [-0.05, 0) is 85.8 Å². The zero-order valence-corrected chi connectivity index (χ0v) is 23.2. The average molecular weight is 550 g/mol. The molecule has 9 heteroatoms. The van der Waals surface area contributed by atoms with Crippen LogP contribution in [0, 0.1) is 6.92 Å². The Hall–Kier alpha value is -4.24. The number of hydrogen-bond acceptors (Lipinski definition) is 8. The maximum Gasteiger partial charge on any atom is 0.257 e. The Bertz CT molecular complexity index is 1550. The molecule has 3 fully saturated rings. The number of rotatable bonds is 5. The molecule has 2 saturated heterocycles. The van der Waals surface area contributed by atoms with Gasteiger partial charge < -0.3 is 25.4 Å². The van der Waals surface area contributed by atoms with Crippen LogP contribution in [0.1, 0.15) is 48.3 Å². The zero-order valence-electron chi connectivity index (χ0n) is 23.2. The number of aromatic nitrogens is 3. The highest BCUT2D eigenvalue weighted by Gasteiger charge is 2.46. The molecule has 0 bridgehead atoms. The first-order valence-electron chi connectivity index (χ1n) is 14.6. The van der Waals surface area contributed by atoms with E-state index in [4.69, 9.17) is 15.2 Å². The fourth-order valence-electron chi connectivity index (χ4n) is 6.99. The number of primary amides is 1. The molecule has 9 nitrogen and oxygen atoms in total. The third-order valence-electron chi connectivity index (χ3n) is 8.95. The molecule has 3 N–H and O–H groups in total. The van der Waals surface area contributed by atoms with Gasteiger partial charge in [-0.15, -0.1) is 0 Å². The first-order valence-corrected chi connectivity index (χ1v) is 14.6. The number of fused-ring (bicyclic) bond motifs is 2. The number of aryl methyl sites for hydroxylation is 1. The van der Waals surface area contributed by atoms with Crippen LogP contribution >= 0.6 is 0 Å². The van der Waals surface area contributed by atoms with Gasteiger partial charge in [0.15, 0.2) is 5.82 Å². The quantitative estimate of drug-likeness (QED) is 0.372. The van der Waals surface area contributed by atoms with Crippen LogP contribution in [-0.4, -0.2) is 58.3 Å². The van der Waals surface area contributed by atoms with Crippen molar-refractivity contribution in [2.24, 2.45) is 5.73 Å². The summed E-state index contributed by atoms with van der Waals surface area (Å²) in [6.07, 6.45) is 7.79. The number of piperazine rings is 1. The Morgan fingerprint density at radius 1 is 0.951 bits per heavy atom. The second-order valence-corrected chi connectivity index (χ2v) is 11.5. The molecule has 1 amide bonds. The summed E-state index contributed by atoms with van der Waals surface area (Å²) in [6.45, 7) is 3.73. The molecule has 4 atom stereocenters. The molecule has 2 aromatic heterocycles. The Morgan fingerprint density at radius 3 is 2.56 bits per heavy atom. The van der Waals surface area contributed by atoms with E-state index in [9.17, 15) is 4.79 Å². The second-order valence-electron chi connectivity index (χ2n) is 11.5. The summed E-state index contributed by atoms with van der Waals surface area (Å²) in [4.78, 5) is 26.2. The number of carbonyl (C=O) groups excluding carboxylic acids is 1. The number of pyridine rings is 1. The minimum absolute atomic E-state index is 0.324. The lowest BCUT2D eigenvalue weighted by atomic mass is 9.81. The number of nitrogens with two attached hydrogens (primary N) is 1. The summed E-state index contributed by atoms with van der Waals surface area (Å²) < 4.78 is 5.35. The fourth-order valence-corrected chi connectivity index (χ4v) is 6.99. The van der Waals surface area contributed by atoms with Crippen LogP contribution in [0.3, 0.4) is 0 Å². The van der Waals surface area contributed by atoms with Crippen molar-refractivity contribution in [3.63, 3.8) is 0 Å². The largest absolute Gasteiger partial charge is 0.370 e. The van der Waals surface area contributed by atoms with Crippen LogP contribution < -0.4 is 20.9 Å². The van der Waals surface area contributed by atoms with E-state index in [1.165, 1.54) is 31.4 Å². The molecule has 0 spiro atoms. The maximum atomic E-state index is 11.8. The summed E-state index contributed by atoms with van der Waals surface area (Å²) in [7, 11) is 0. The molecule has 3 aliphatic rings. The van der Waals surface area contributed by atoms with Gasteiger partial charge >= 0.3 is 0 Å². The van der Waals surface area contributed by atoms with Crippen LogP contribution in [-0.2, 0) is 0 Å². The maximum absolute atomic E-state index is 11.8. The first kappa shape index (κ1) is 25.7. The van der Waals surface area contributed by atoms with Crippen LogP contribution in [0.2, 0.25) is 0 Å². The lowest BCUT2D eigenvalue weighted by Crippen LogP contribution is -2.72. The predicted molar refractivity (Wildman–Crippen MR) is 159 cm³/mol. The van der Waals surface area contributed by atoms with Crippen molar-refractivity contribution in [2.45, 2.75) is 63.2 Å². The van der Waals surface area contributed by atoms with Crippen molar-refractivity contribution in [1.29, 1.82) is 0 Å². The Kier molecular flexibility index (Phi) is 6.66. The molecule has 1 aliphatic carbocycles. The van der Waals surface area contributed by atoms with Crippen molar-refractivity contribution >= 4 is 17.4 Å². The van der Waals surface area contributed by atoms with Gasteiger partial charge in [0.05, 0.1) is 0 Å². The molecule has 2 aliphatic heterocycles. The van der Waals surface area contributed by atoms with Crippen LogP contribution in [0.5, 0.6) is 0 Å².